The minimum absolute atomic E-state index is 0.254. The van der Waals surface area contributed by atoms with E-state index in [1.807, 2.05) is 54.7 Å². The van der Waals surface area contributed by atoms with Crippen molar-refractivity contribution >= 4 is 44.5 Å². The number of benzene rings is 5. The van der Waals surface area contributed by atoms with Gasteiger partial charge in [-0.15, -0.1) is 0 Å². The molecule has 3 aromatic heterocycles. The first-order valence-corrected chi connectivity index (χ1v) is 15.5. The molecule has 1 aliphatic rings. The fourth-order valence-corrected chi connectivity index (χ4v) is 6.98. The fraction of sp³-hybridized carbons (Fsp3) is 0.0732. The maximum Gasteiger partial charge on any atom is 0.164 e. The SMILES string of the molecule is CC1(c2ccccc2)CC(c2nc(-c3ccccc3)nc(-c3cccc4oc5cc6cccnc6cc5c34)n2)=Cc2ccccc21. The summed E-state index contributed by atoms with van der Waals surface area (Å²) in [4.78, 5) is 20.1. The molecule has 0 N–H and O–H groups in total. The highest BCUT2D eigenvalue weighted by Crippen LogP contribution is 2.46. The number of pyridine rings is 1. The maximum atomic E-state index is 6.39. The molecule has 0 fully saturated rings. The Kier molecular flexibility index (Phi) is 5.93. The van der Waals surface area contributed by atoms with Gasteiger partial charge in [0.15, 0.2) is 17.5 Å². The number of nitrogens with zero attached hydrogens (tertiary/aromatic N) is 4. The monoisotopic (exact) mass is 592 g/mol. The van der Waals surface area contributed by atoms with Crippen molar-refractivity contribution in [3.8, 4) is 22.8 Å². The lowest BCUT2D eigenvalue weighted by molar-refractivity contribution is 0.581. The van der Waals surface area contributed by atoms with Crippen LogP contribution in [0.5, 0.6) is 0 Å². The highest BCUT2D eigenvalue weighted by Gasteiger charge is 2.36. The average molecular weight is 593 g/mol. The molecule has 0 saturated carbocycles. The Labute approximate surface area is 266 Å². The van der Waals surface area contributed by atoms with E-state index in [4.69, 9.17) is 19.4 Å². The van der Waals surface area contributed by atoms with Crippen LogP contribution in [0.2, 0.25) is 0 Å². The van der Waals surface area contributed by atoms with E-state index in [1.54, 1.807) is 0 Å². The molecule has 5 heteroatoms. The van der Waals surface area contributed by atoms with Gasteiger partial charge in [-0.25, -0.2) is 15.0 Å². The first-order valence-electron chi connectivity index (χ1n) is 15.5. The summed E-state index contributed by atoms with van der Waals surface area (Å²) in [5.41, 5.74) is 8.92. The number of aromatic nitrogens is 4. The third-order valence-electron chi connectivity index (χ3n) is 9.26. The van der Waals surface area contributed by atoms with Gasteiger partial charge in [-0.3, -0.25) is 4.98 Å². The Hall–Kier alpha value is -5.94. The molecule has 3 heterocycles. The molecule has 1 unspecified atom stereocenters. The van der Waals surface area contributed by atoms with Gasteiger partial charge < -0.3 is 4.42 Å². The topological polar surface area (TPSA) is 64.7 Å². The average Bonchev–Trinajstić information content (AvgIpc) is 3.48. The zero-order chi connectivity index (χ0) is 30.7. The van der Waals surface area contributed by atoms with Gasteiger partial charge in [0, 0.05) is 38.9 Å². The van der Waals surface area contributed by atoms with Crippen molar-refractivity contribution in [3.05, 3.63) is 156 Å². The molecule has 0 spiro atoms. The van der Waals surface area contributed by atoms with Crippen LogP contribution in [0.15, 0.2) is 138 Å². The van der Waals surface area contributed by atoms with Crippen LogP contribution in [0, 0.1) is 0 Å². The van der Waals surface area contributed by atoms with Gasteiger partial charge in [-0.1, -0.05) is 110 Å². The number of rotatable bonds is 4. The summed E-state index contributed by atoms with van der Waals surface area (Å²) in [6.45, 7) is 2.32. The van der Waals surface area contributed by atoms with Crippen LogP contribution >= 0.6 is 0 Å². The largest absolute Gasteiger partial charge is 0.456 e. The molecule has 46 heavy (non-hydrogen) atoms. The van der Waals surface area contributed by atoms with Gasteiger partial charge in [-0.2, -0.15) is 0 Å². The molecule has 8 aromatic rings. The normalized spacial score (nSPS) is 16.1. The molecule has 218 valence electrons. The van der Waals surface area contributed by atoms with Crippen molar-refractivity contribution in [1.29, 1.82) is 0 Å². The van der Waals surface area contributed by atoms with Crippen LogP contribution in [0.3, 0.4) is 0 Å². The summed E-state index contributed by atoms with van der Waals surface area (Å²) in [6, 6.07) is 43.8. The summed E-state index contributed by atoms with van der Waals surface area (Å²) >= 11 is 0. The molecule has 0 aliphatic heterocycles. The summed E-state index contributed by atoms with van der Waals surface area (Å²) < 4.78 is 6.39. The van der Waals surface area contributed by atoms with E-state index in [-0.39, 0.29) is 5.41 Å². The Morgan fingerprint density at radius 2 is 1.41 bits per heavy atom. The van der Waals surface area contributed by atoms with Crippen molar-refractivity contribution in [2.45, 2.75) is 18.8 Å². The van der Waals surface area contributed by atoms with E-state index < -0.39 is 0 Å². The molecule has 0 saturated heterocycles. The number of furan rings is 1. The predicted octanol–water partition coefficient (Wildman–Crippen LogP) is 9.90. The lowest BCUT2D eigenvalue weighted by Gasteiger charge is -2.36. The molecule has 5 nitrogen and oxygen atoms in total. The van der Waals surface area contributed by atoms with Gasteiger partial charge in [0.2, 0.25) is 0 Å². The van der Waals surface area contributed by atoms with Crippen LogP contribution in [-0.2, 0) is 5.41 Å². The number of hydrogen-bond donors (Lipinski definition) is 0. The maximum absolute atomic E-state index is 6.39. The predicted molar refractivity (Wildman–Crippen MR) is 185 cm³/mol. The summed E-state index contributed by atoms with van der Waals surface area (Å²) in [5.74, 6) is 1.93. The quantitative estimate of drug-likeness (QED) is 0.203. The van der Waals surface area contributed by atoms with Crippen molar-refractivity contribution < 1.29 is 4.42 Å². The van der Waals surface area contributed by atoms with E-state index >= 15 is 0 Å². The molecule has 0 radical (unpaired) electrons. The highest BCUT2D eigenvalue weighted by atomic mass is 16.3. The third-order valence-corrected chi connectivity index (χ3v) is 9.26. The lowest BCUT2D eigenvalue weighted by atomic mass is 9.67. The van der Waals surface area contributed by atoms with Crippen molar-refractivity contribution in [2.24, 2.45) is 0 Å². The summed E-state index contributed by atoms with van der Waals surface area (Å²) in [5, 5.41) is 3.00. The van der Waals surface area contributed by atoms with E-state index in [2.05, 4.69) is 96.8 Å². The third kappa shape index (κ3) is 4.24. The van der Waals surface area contributed by atoms with Gasteiger partial charge >= 0.3 is 0 Å². The Balaban J connectivity index is 1.29. The minimum Gasteiger partial charge on any atom is -0.456 e. The van der Waals surface area contributed by atoms with Gasteiger partial charge in [0.1, 0.15) is 11.2 Å². The van der Waals surface area contributed by atoms with E-state index in [9.17, 15) is 0 Å². The van der Waals surface area contributed by atoms with Gasteiger partial charge in [-0.05, 0) is 59.0 Å². The van der Waals surface area contributed by atoms with Crippen LogP contribution in [0.4, 0.5) is 0 Å². The van der Waals surface area contributed by atoms with Gasteiger partial charge in [0.25, 0.3) is 0 Å². The van der Waals surface area contributed by atoms with Crippen LogP contribution < -0.4 is 0 Å². The van der Waals surface area contributed by atoms with E-state index in [0.29, 0.717) is 17.5 Å². The van der Waals surface area contributed by atoms with Crippen LogP contribution in [0.25, 0.3) is 67.3 Å². The fourth-order valence-electron chi connectivity index (χ4n) is 6.98. The Morgan fingerprint density at radius 1 is 0.652 bits per heavy atom. The second-order valence-corrected chi connectivity index (χ2v) is 12.1. The second kappa shape index (κ2) is 10.3. The second-order valence-electron chi connectivity index (χ2n) is 12.1. The summed E-state index contributed by atoms with van der Waals surface area (Å²) in [7, 11) is 0. The molecular weight excluding hydrogens is 564 g/mol. The van der Waals surface area contributed by atoms with Crippen molar-refractivity contribution in [1.82, 2.24) is 19.9 Å². The van der Waals surface area contributed by atoms with Gasteiger partial charge in [0.05, 0.1) is 5.52 Å². The number of allylic oxidation sites excluding steroid dienone is 1. The smallest absolute Gasteiger partial charge is 0.164 e. The van der Waals surface area contributed by atoms with E-state index in [0.717, 1.165) is 56.0 Å². The highest BCUT2D eigenvalue weighted by molar-refractivity contribution is 6.14. The summed E-state index contributed by atoms with van der Waals surface area (Å²) in [6.07, 6.45) is 4.82. The molecule has 9 rings (SSSR count). The number of fused-ring (bicyclic) bond motifs is 5. The standard InChI is InChI=1S/C41H28N4O/c1-41(30-16-6-3-7-17-30)25-29(22-27-14-8-9-19-33(27)41)39-43-38(26-12-4-2-5-13-26)44-40(45-39)31-18-10-20-35-37(31)32-24-34-28(15-11-21-42-34)23-36(32)46-35/h2-24H,25H2,1H3. The van der Waals surface area contributed by atoms with Crippen molar-refractivity contribution in [3.63, 3.8) is 0 Å². The lowest BCUT2D eigenvalue weighted by Crippen LogP contribution is -2.28. The van der Waals surface area contributed by atoms with Crippen molar-refractivity contribution in [2.75, 3.05) is 0 Å². The Bertz CT molecular complexity index is 2470. The molecule has 0 amide bonds. The first kappa shape index (κ1) is 26.5. The zero-order valence-corrected chi connectivity index (χ0v) is 25.2. The van der Waals surface area contributed by atoms with E-state index in [1.165, 1.54) is 16.7 Å². The Morgan fingerprint density at radius 3 is 2.28 bits per heavy atom. The molecular formula is C41H28N4O. The molecule has 1 atom stereocenters. The van der Waals surface area contributed by atoms with Crippen LogP contribution in [0.1, 0.15) is 35.9 Å². The molecule has 1 aliphatic carbocycles. The minimum atomic E-state index is -0.254. The van der Waals surface area contributed by atoms with Crippen LogP contribution in [-0.4, -0.2) is 19.9 Å². The zero-order valence-electron chi connectivity index (χ0n) is 25.2. The first-order chi connectivity index (χ1) is 22.6. The molecule has 5 aromatic carbocycles. The molecule has 0 bridgehead atoms. The number of hydrogen-bond acceptors (Lipinski definition) is 5.